The second-order valence-electron chi connectivity index (χ2n) is 6.06. The van der Waals surface area contributed by atoms with Crippen LogP contribution in [-0.2, 0) is 9.59 Å². The van der Waals surface area contributed by atoms with Gasteiger partial charge < -0.3 is 5.11 Å². The lowest BCUT2D eigenvalue weighted by Gasteiger charge is -2.18. The largest absolute Gasteiger partial charge is 0.505 e. The molecule has 1 heterocycles. The van der Waals surface area contributed by atoms with Gasteiger partial charge in [-0.05, 0) is 24.3 Å². The molecule has 8 heteroatoms. The van der Waals surface area contributed by atoms with Crippen LogP contribution >= 0.6 is 11.6 Å². The van der Waals surface area contributed by atoms with Gasteiger partial charge in [-0.15, -0.1) is 0 Å². The summed E-state index contributed by atoms with van der Waals surface area (Å²) >= 11 is 5.85. The van der Waals surface area contributed by atoms with E-state index in [1.165, 1.54) is 0 Å². The highest BCUT2D eigenvalue weighted by atomic mass is 35.5. The first-order chi connectivity index (χ1) is 10.9. The molecule has 4 atom stereocenters. The van der Waals surface area contributed by atoms with E-state index in [2.05, 4.69) is 0 Å². The number of nitrogens with zero attached hydrogens (tertiary/aromatic N) is 2. The summed E-state index contributed by atoms with van der Waals surface area (Å²) in [7, 11) is 0. The first-order valence-electron chi connectivity index (χ1n) is 7.13. The minimum atomic E-state index is -0.738. The van der Waals surface area contributed by atoms with Crippen LogP contribution in [0.4, 0.5) is 11.4 Å². The molecule has 23 heavy (non-hydrogen) atoms. The van der Waals surface area contributed by atoms with Gasteiger partial charge in [0, 0.05) is 0 Å². The highest BCUT2D eigenvalue weighted by molar-refractivity contribution is 6.33. The summed E-state index contributed by atoms with van der Waals surface area (Å²) in [5, 5.41) is 20.7. The molecule has 1 aromatic carbocycles. The zero-order chi connectivity index (χ0) is 16.5. The number of phenolic OH excluding ortho intramolecular Hbond substituents is 1. The van der Waals surface area contributed by atoms with Crippen LogP contribution in [0, 0.1) is 33.8 Å². The summed E-state index contributed by atoms with van der Waals surface area (Å²) in [6.07, 6.45) is 4.72. The predicted molar refractivity (Wildman–Crippen MR) is 80.0 cm³/mol. The molecule has 1 N–H and O–H groups in total. The van der Waals surface area contributed by atoms with Crippen LogP contribution in [0.5, 0.6) is 5.75 Å². The Morgan fingerprint density at radius 1 is 1.17 bits per heavy atom. The summed E-state index contributed by atoms with van der Waals surface area (Å²) in [5.41, 5.74) is -0.571. The van der Waals surface area contributed by atoms with Crippen molar-refractivity contribution in [3.63, 3.8) is 0 Å². The van der Waals surface area contributed by atoms with Crippen LogP contribution in [0.2, 0.25) is 5.02 Å². The molecule has 7 nitrogen and oxygen atoms in total. The molecule has 0 spiro atoms. The quantitative estimate of drug-likeness (QED) is 0.387. The van der Waals surface area contributed by atoms with Crippen molar-refractivity contribution in [1.29, 1.82) is 0 Å². The smallest absolute Gasteiger partial charge is 0.291 e. The van der Waals surface area contributed by atoms with Crippen molar-refractivity contribution in [3.05, 3.63) is 39.4 Å². The van der Waals surface area contributed by atoms with Crippen LogP contribution in [0.15, 0.2) is 24.3 Å². The van der Waals surface area contributed by atoms with E-state index in [-0.39, 0.29) is 34.4 Å². The summed E-state index contributed by atoms with van der Waals surface area (Å²) in [5.74, 6) is -2.00. The molecule has 1 saturated heterocycles. The number of fused-ring (bicyclic) bond motifs is 5. The van der Waals surface area contributed by atoms with Crippen molar-refractivity contribution in [1.82, 2.24) is 0 Å². The molecule has 2 bridgehead atoms. The van der Waals surface area contributed by atoms with Crippen molar-refractivity contribution in [3.8, 4) is 5.75 Å². The molecule has 0 aromatic heterocycles. The van der Waals surface area contributed by atoms with E-state index in [0.717, 1.165) is 23.5 Å². The van der Waals surface area contributed by atoms with Crippen LogP contribution in [0.1, 0.15) is 6.42 Å². The molecule has 1 aliphatic heterocycles. The van der Waals surface area contributed by atoms with E-state index in [1.54, 1.807) is 0 Å². The summed E-state index contributed by atoms with van der Waals surface area (Å²) < 4.78 is 0. The molecule has 4 rings (SSSR count). The number of hydrogen-bond acceptors (Lipinski definition) is 5. The van der Waals surface area contributed by atoms with Gasteiger partial charge in [0.1, 0.15) is 10.8 Å². The van der Waals surface area contributed by atoms with E-state index in [0.29, 0.717) is 0 Å². The van der Waals surface area contributed by atoms with Gasteiger partial charge in [-0.3, -0.25) is 19.7 Å². The number of allylic oxidation sites excluding steroid dienone is 2. The fourth-order valence-corrected chi connectivity index (χ4v) is 4.23. The van der Waals surface area contributed by atoms with E-state index >= 15 is 0 Å². The minimum absolute atomic E-state index is 0.0436. The first kappa shape index (κ1) is 14.2. The lowest BCUT2D eigenvalue weighted by atomic mass is 9.85. The molecule has 118 valence electrons. The summed E-state index contributed by atoms with van der Waals surface area (Å²) in [4.78, 5) is 36.3. The normalized spacial score (nSPS) is 31.1. The first-order valence-corrected chi connectivity index (χ1v) is 7.51. The van der Waals surface area contributed by atoms with Crippen LogP contribution in [0.25, 0.3) is 0 Å². The standard InChI is InChI=1S/C15H11ClN2O5/c16-8-4-10(11(19)5-9(8)18(22)23)17-14(20)12-6-1-2-7(3-6)13(12)15(17)21/h1-2,4-7,12-13,19H,3H2. The van der Waals surface area contributed by atoms with Crippen LogP contribution < -0.4 is 4.90 Å². The van der Waals surface area contributed by atoms with Crippen molar-refractivity contribution >= 4 is 34.8 Å². The van der Waals surface area contributed by atoms with Gasteiger partial charge in [-0.1, -0.05) is 23.8 Å². The SMILES string of the molecule is O=C1C2C3C=CC(C3)C2C(=O)N1c1cc(Cl)c([N+](=O)[O-])cc1O. The van der Waals surface area contributed by atoms with Gasteiger partial charge in [0.05, 0.1) is 28.5 Å². The molecule has 4 unspecified atom stereocenters. The Morgan fingerprint density at radius 3 is 2.26 bits per heavy atom. The number of halogens is 1. The molecular weight excluding hydrogens is 324 g/mol. The molecule has 3 aliphatic rings. The fraction of sp³-hybridized carbons (Fsp3) is 0.333. The van der Waals surface area contributed by atoms with E-state index in [9.17, 15) is 24.8 Å². The van der Waals surface area contributed by atoms with Gasteiger partial charge in [0.15, 0.2) is 0 Å². The highest BCUT2D eigenvalue weighted by Gasteiger charge is 2.60. The maximum atomic E-state index is 12.7. The number of rotatable bonds is 2. The van der Waals surface area contributed by atoms with Crippen molar-refractivity contribution < 1.29 is 19.6 Å². The number of hydrogen-bond donors (Lipinski definition) is 1. The Labute approximate surface area is 135 Å². The summed E-state index contributed by atoms with van der Waals surface area (Å²) in [6.45, 7) is 0. The van der Waals surface area contributed by atoms with Crippen molar-refractivity contribution in [2.75, 3.05) is 4.90 Å². The number of nitro benzene ring substituents is 1. The van der Waals surface area contributed by atoms with Gasteiger partial charge >= 0.3 is 0 Å². The number of carbonyl (C=O) groups is 2. The lowest BCUT2D eigenvalue weighted by Crippen LogP contribution is -2.32. The number of imide groups is 1. The summed E-state index contributed by atoms with van der Waals surface area (Å²) in [6, 6.07) is 1.96. The number of amides is 2. The Balaban J connectivity index is 1.78. The third-order valence-corrected chi connectivity index (χ3v) is 5.25. The van der Waals surface area contributed by atoms with Gasteiger partial charge in [-0.2, -0.15) is 0 Å². The van der Waals surface area contributed by atoms with Gasteiger partial charge in [0.25, 0.3) is 5.69 Å². The van der Waals surface area contributed by atoms with Crippen molar-refractivity contribution in [2.24, 2.45) is 23.7 Å². The second kappa shape index (κ2) is 4.55. The third kappa shape index (κ3) is 1.77. The maximum absolute atomic E-state index is 12.7. The lowest BCUT2D eigenvalue weighted by molar-refractivity contribution is -0.384. The zero-order valence-electron chi connectivity index (χ0n) is 11.7. The molecular formula is C15H11ClN2O5. The number of benzene rings is 1. The average molecular weight is 335 g/mol. The fourth-order valence-electron chi connectivity index (χ4n) is 4.00. The molecule has 0 radical (unpaired) electrons. The van der Waals surface area contributed by atoms with Crippen LogP contribution in [0.3, 0.4) is 0 Å². The molecule has 1 saturated carbocycles. The van der Waals surface area contributed by atoms with Gasteiger partial charge in [0.2, 0.25) is 11.8 Å². The Bertz CT molecular complexity index is 775. The highest BCUT2D eigenvalue weighted by Crippen LogP contribution is 2.54. The predicted octanol–water partition coefficient (Wildman–Crippen LogP) is 2.27. The number of carbonyl (C=O) groups excluding carboxylic acids is 2. The Morgan fingerprint density at radius 2 is 1.74 bits per heavy atom. The number of nitro groups is 1. The maximum Gasteiger partial charge on any atom is 0.291 e. The number of anilines is 1. The average Bonchev–Trinajstić information content (AvgIpc) is 3.16. The zero-order valence-corrected chi connectivity index (χ0v) is 12.4. The van der Waals surface area contributed by atoms with Crippen molar-refractivity contribution in [2.45, 2.75) is 6.42 Å². The monoisotopic (exact) mass is 334 g/mol. The molecule has 2 fully saturated rings. The molecule has 2 aliphatic carbocycles. The Hall–Kier alpha value is -2.41. The topological polar surface area (TPSA) is 101 Å². The number of aromatic hydroxyl groups is 1. The third-order valence-electron chi connectivity index (χ3n) is 4.95. The van der Waals surface area contributed by atoms with E-state index in [4.69, 9.17) is 11.6 Å². The number of phenols is 1. The Kier molecular flexibility index (Phi) is 2.81. The van der Waals surface area contributed by atoms with E-state index in [1.807, 2.05) is 12.2 Å². The van der Waals surface area contributed by atoms with Gasteiger partial charge in [-0.25, -0.2) is 4.90 Å². The van der Waals surface area contributed by atoms with Crippen LogP contribution in [-0.4, -0.2) is 21.8 Å². The second-order valence-corrected chi connectivity index (χ2v) is 6.47. The molecule has 1 aromatic rings. The van der Waals surface area contributed by atoms with E-state index < -0.39 is 28.2 Å². The minimum Gasteiger partial charge on any atom is -0.505 e. The molecule has 2 amide bonds.